The lowest BCUT2D eigenvalue weighted by atomic mass is 10.1. The lowest BCUT2D eigenvalue weighted by molar-refractivity contribution is -0.113. The van der Waals surface area contributed by atoms with E-state index in [9.17, 15) is 4.79 Å². The molecule has 0 unspecified atom stereocenters. The smallest absolute Gasteiger partial charge is 0.277 e. The Balaban J connectivity index is 1.59. The molecule has 0 bridgehead atoms. The van der Waals surface area contributed by atoms with Gasteiger partial charge in [0.2, 0.25) is 5.91 Å². The number of nitrogens with zero attached hydrogens (tertiary/aromatic N) is 2. The fourth-order valence-corrected chi connectivity index (χ4v) is 2.81. The van der Waals surface area contributed by atoms with Crippen molar-refractivity contribution in [3.05, 3.63) is 47.9 Å². The molecule has 0 aliphatic heterocycles. The van der Waals surface area contributed by atoms with Gasteiger partial charge in [-0.2, -0.15) is 0 Å². The predicted octanol–water partition coefficient (Wildman–Crippen LogP) is 3.93. The van der Waals surface area contributed by atoms with E-state index in [0.29, 0.717) is 16.9 Å². The van der Waals surface area contributed by atoms with Crippen molar-refractivity contribution in [1.29, 1.82) is 0 Å². The van der Waals surface area contributed by atoms with Gasteiger partial charge in [0.15, 0.2) is 0 Å². The summed E-state index contributed by atoms with van der Waals surface area (Å²) in [6.07, 6.45) is 2.43. The normalized spacial score (nSPS) is 10.8. The van der Waals surface area contributed by atoms with E-state index < -0.39 is 0 Å². The number of thioether (sulfide) groups is 1. The number of para-hydroxylation sites is 1. The minimum atomic E-state index is -0.111. The van der Waals surface area contributed by atoms with Crippen LogP contribution in [0.1, 0.15) is 18.2 Å². The number of anilines is 1. The van der Waals surface area contributed by atoms with Crippen molar-refractivity contribution in [1.82, 2.24) is 10.2 Å². The summed E-state index contributed by atoms with van der Waals surface area (Å²) in [6, 6.07) is 9.53. The maximum Gasteiger partial charge on any atom is 0.277 e. The standard InChI is InChI=1S/C17H17N3O3S/c1-3-12-6-4-5-7-14(12)18-15(21)10-24-17-20-19-16(23-17)13-8-9-22-11(13)2/h4-9H,3,10H2,1-2H3,(H,18,21). The van der Waals surface area contributed by atoms with Crippen LogP contribution in [0.15, 0.2) is 50.7 Å². The molecule has 0 spiro atoms. The summed E-state index contributed by atoms with van der Waals surface area (Å²) in [5, 5.41) is 11.2. The SMILES string of the molecule is CCc1ccccc1NC(=O)CSc1nnc(-c2ccoc2C)o1. The van der Waals surface area contributed by atoms with E-state index in [1.807, 2.05) is 31.2 Å². The average molecular weight is 343 g/mol. The van der Waals surface area contributed by atoms with Crippen molar-refractivity contribution < 1.29 is 13.6 Å². The molecule has 0 aliphatic carbocycles. The lowest BCUT2D eigenvalue weighted by Crippen LogP contribution is -2.15. The molecule has 3 aromatic rings. The number of rotatable bonds is 6. The van der Waals surface area contributed by atoms with Crippen LogP contribution in [0.25, 0.3) is 11.5 Å². The number of hydrogen-bond donors (Lipinski definition) is 1. The first-order valence-corrected chi connectivity index (χ1v) is 8.54. The van der Waals surface area contributed by atoms with Crippen LogP contribution in [-0.2, 0) is 11.2 Å². The zero-order chi connectivity index (χ0) is 16.9. The molecule has 0 atom stereocenters. The van der Waals surface area contributed by atoms with E-state index in [4.69, 9.17) is 8.83 Å². The van der Waals surface area contributed by atoms with Crippen molar-refractivity contribution in [2.24, 2.45) is 0 Å². The maximum absolute atomic E-state index is 12.1. The molecule has 124 valence electrons. The van der Waals surface area contributed by atoms with E-state index in [0.717, 1.165) is 23.2 Å². The van der Waals surface area contributed by atoms with Gasteiger partial charge in [0.05, 0.1) is 17.6 Å². The second-order valence-electron chi connectivity index (χ2n) is 5.11. The summed E-state index contributed by atoms with van der Waals surface area (Å²) in [5.74, 6) is 1.19. The van der Waals surface area contributed by atoms with Gasteiger partial charge in [-0.25, -0.2) is 0 Å². The topological polar surface area (TPSA) is 81.2 Å². The Kier molecular flexibility index (Phi) is 5.00. The highest BCUT2D eigenvalue weighted by atomic mass is 32.2. The van der Waals surface area contributed by atoms with E-state index >= 15 is 0 Å². The average Bonchev–Trinajstić information content (AvgIpc) is 3.22. The zero-order valence-corrected chi connectivity index (χ0v) is 14.2. The van der Waals surface area contributed by atoms with Gasteiger partial charge < -0.3 is 14.2 Å². The molecule has 0 saturated heterocycles. The van der Waals surface area contributed by atoms with E-state index in [2.05, 4.69) is 22.4 Å². The molecule has 1 amide bonds. The van der Waals surface area contributed by atoms with E-state index in [1.165, 1.54) is 11.8 Å². The van der Waals surface area contributed by atoms with E-state index in [1.54, 1.807) is 12.3 Å². The number of amides is 1. The Morgan fingerprint density at radius 1 is 1.25 bits per heavy atom. The van der Waals surface area contributed by atoms with Gasteiger partial charge in [-0.1, -0.05) is 36.9 Å². The van der Waals surface area contributed by atoms with Crippen molar-refractivity contribution in [2.45, 2.75) is 25.5 Å². The van der Waals surface area contributed by atoms with Crippen LogP contribution < -0.4 is 5.32 Å². The van der Waals surface area contributed by atoms with Crippen LogP contribution in [0.4, 0.5) is 5.69 Å². The van der Waals surface area contributed by atoms with Gasteiger partial charge in [0.25, 0.3) is 11.1 Å². The summed E-state index contributed by atoms with van der Waals surface area (Å²) in [5.41, 5.74) is 2.70. The number of hydrogen-bond acceptors (Lipinski definition) is 6. The third-order valence-electron chi connectivity index (χ3n) is 3.49. The molecule has 0 aliphatic rings. The molecule has 0 fully saturated rings. The predicted molar refractivity (Wildman–Crippen MR) is 91.9 cm³/mol. The minimum Gasteiger partial charge on any atom is -0.469 e. The Labute approximate surface area is 143 Å². The Bertz CT molecular complexity index is 841. The quantitative estimate of drug-likeness (QED) is 0.683. The summed E-state index contributed by atoms with van der Waals surface area (Å²) in [4.78, 5) is 12.1. The van der Waals surface area contributed by atoms with Crippen LogP contribution >= 0.6 is 11.8 Å². The first-order chi connectivity index (χ1) is 11.7. The fraction of sp³-hybridized carbons (Fsp3) is 0.235. The van der Waals surface area contributed by atoms with Crippen LogP contribution in [0.2, 0.25) is 0 Å². The van der Waals surface area contributed by atoms with Crippen molar-refractivity contribution >= 4 is 23.4 Å². The second kappa shape index (κ2) is 7.35. The van der Waals surface area contributed by atoms with Crippen molar-refractivity contribution in [2.75, 3.05) is 11.1 Å². The lowest BCUT2D eigenvalue weighted by Gasteiger charge is -2.08. The molecule has 7 heteroatoms. The Hall–Kier alpha value is -2.54. The van der Waals surface area contributed by atoms with Crippen LogP contribution in [-0.4, -0.2) is 21.9 Å². The first kappa shape index (κ1) is 16.3. The monoisotopic (exact) mass is 343 g/mol. The summed E-state index contributed by atoms with van der Waals surface area (Å²) < 4.78 is 10.8. The molecule has 6 nitrogen and oxygen atoms in total. The second-order valence-corrected chi connectivity index (χ2v) is 6.04. The molecule has 0 saturated carbocycles. The van der Waals surface area contributed by atoms with Crippen molar-refractivity contribution in [3.63, 3.8) is 0 Å². The largest absolute Gasteiger partial charge is 0.469 e. The number of carbonyl (C=O) groups is 1. The summed E-state index contributed by atoms with van der Waals surface area (Å²) in [6.45, 7) is 3.88. The number of furan rings is 1. The van der Waals surface area contributed by atoms with Gasteiger partial charge in [-0.3, -0.25) is 4.79 Å². The highest BCUT2D eigenvalue weighted by molar-refractivity contribution is 7.99. The molecule has 2 aromatic heterocycles. The summed E-state index contributed by atoms with van der Waals surface area (Å²) in [7, 11) is 0. The molecule has 24 heavy (non-hydrogen) atoms. The number of aryl methyl sites for hydroxylation is 2. The van der Waals surface area contributed by atoms with Gasteiger partial charge in [0, 0.05) is 5.69 Å². The third-order valence-corrected chi connectivity index (χ3v) is 4.31. The zero-order valence-electron chi connectivity index (χ0n) is 13.4. The molecule has 1 aromatic carbocycles. The van der Waals surface area contributed by atoms with E-state index in [-0.39, 0.29) is 11.7 Å². The van der Waals surface area contributed by atoms with Crippen LogP contribution in [0.3, 0.4) is 0 Å². The molecule has 0 radical (unpaired) electrons. The molecular formula is C17H17N3O3S. The van der Waals surface area contributed by atoms with Crippen LogP contribution in [0.5, 0.6) is 0 Å². The van der Waals surface area contributed by atoms with Crippen molar-refractivity contribution in [3.8, 4) is 11.5 Å². The molecule has 2 heterocycles. The molecule has 3 rings (SSSR count). The van der Waals surface area contributed by atoms with Gasteiger partial charge in [-0.15, -0.1) is 10.2 Å². The number of aromatic nitrogens is 2. The number of carbonyl (C=O) groups excluding carboxylic acids is 1. The minimum absolute atomic E-state index is 0.111. The highest BCUT2D eigenvalue weighted by Crippen LogP contribution is 2.26. The Morgan fingerprint density at radius 2 is 2.08 bits per heavy atom. The van der Waals surface area contributed by atoms with Gasteiger partial charge in [-0.05, 0) is 31.0 Å². The van der Waals surface area contributed by atoms with Gasteiger partial charge >= 0.3 is 0 Å². The van der Waals surface area contributed by atoms with Crippen LogP contribution in [0, 0.1) is 6.92 Å². The summed E-state index contributed by atoms with van der Waals surface area (Å²) >= 11 is 1.20. The highest BCUT2D eigenvalue weighted by Gasteiger charge is 2.14. The third kappa shape index (κ3) is 3.68. The number of nitrogens with one attached hydrogen (secondary N) is 1. The fourth-order valence-electron chi connectivity index (χ4n) is 2.25. The molecular weight excluding hydrogens is 326 g/mol. The Morgan fingerprint density at radius 3 is 2.83 bits per heavy atom. The maximum atomic E-state index is 12.1. The molecule has 1 N–H and O–H groups in total. The number of benzene rings is 1. The first-order valence-electron chi connectivity index (χ1n) is 7.56. The van der Waals surface area contributed by atoms with Gasteiger partial charge in [0.1, 0.15) is 5.76 Å².